The number of nitriles is 1. The zero-order valence-corrected chi connectivity index (χ0v) is 4.89. The number of hydrogen-bond donors (Lipinski definition) is 1. The van der Waals surface area contributed by atoms with E-state index in [1.165, 1.54) is 12.3 Å². The Morgan fingerprint density at radius 1 is 1.70 bits per heavy atom. The minimum absolute atomic E-state index is 0.330. The zero-order valence-electron chi connectivity index (χ0n) is 4.89. The molecule has 0 aliphatic carbocycles. The van der Waals surface area contributed by atoms with Gasteiger partial charge in [-0.2, -0.15) is 5.26 Å². The molecular formula is C4H3N6. The zero-order chi connectivity index (χ0) is 7.23. The van der Waals surface area contributed by atoms with Crippen molar-refractivity contribution in [1.82, 2.24) is 26.3 Å². The van der Waals surface area contributed by atoms with Crippen LogP contribution in [0.5, 0.6) is 0 Å². The smallest absolute Gasteiger partial charge is 0.198 e. The van der Waals surface area contributed by atoms with Crippen molar-refractivity contribution in [3.8, 4) is 6.19 Å². The van der Waals surface area contributed by atoms with E-state index in [2.05, 4.69) is 26.3 Å². The Morgan fingerprint density at radius 2 is 2.60 bits per heavy atom. The van der Waals surface area contributed by atoms with E-state index in [4.69, 9.17) is 5.26 Å². The highest BCUT2D eigenvalue weighted by molar-refractivity contribution is 5.18. The second-order valence-corrected chi connectivity index (χ2v) is 1.31. The van der Waals surface area contributed by atoms with E-state index in [1.807, 2.05) is 0 Å². The van der Waals surface area contributed by atoms with Crippen molar-refractivity contribution in [3.05, 3.63) is 12.3 Å². The second-order valence-electron chi connectivity index (χ2n) is 1.31. The van der Waals surface area contributed by atoms with Crippen LogP contribution in [0.1, 0.15) is 0 Å². The lowest BCUT2D eigenvalue weighted by Gasteiger charge is -1.91. The van der Waals surface area contributed by atoms with Crippen LogP contribution in [0.4, 0.5) is 5.82 Å². The highest BCUT2D eigenvalue weighted by Crippen LogP contribution is 1.91. The van der Waals surface area contributed by atoms with Gasteiger partial charge in [-0.15, -0.1) is 15.6 Å². The van der Waals surface area contributed by atoms with Gasteiger partial charge in [0.2, 0.25) is 0 Å². The first-order valence-corrected chi connectivity index (χ1v) is 2.42. The SMILES string of the molecule is N#CN[N]c1ccnnn1. The highest BCUT2D eigenvalue weighted by atomic mass is 15.4. The van der Waals surface area contributed by atoms with Crippen molar-refractivity contribution in [1.29, 1.82) is 5.26 Å². The normalized spacial score (nSPS) is 7.90. The minimum atomic E-state index is 0.330. The Balaban J connectivity index is 2.52. The van der Waals surface area contributed by atoms with E-state index in [0.717, 1.165) is 0 Å². The standard InChI is InChI=1S/C4H3N6/c5-3-7-8-4-1-2-6-10-9-4/h1-2,7H. The molecule has 1 heterocycles. The number of nitrogens with zero attached hydrogens (tertiary/aromatic N) is 5. The number of rotatable bonds is 2. The fourth-order valence-electron chi connectivity index (χ4n) is 0.377. The third-order valence-electron chi connectivity index (χ3n) is 0.710. The van der Waals surface area contributed by atoms with Gasteiger partial charge in [-0.3, -0.25) is 0 Å². The summed E-state index contributed by atoms with van der Waals surface area (Å²) in [6.45, 7) is 0. The lowest BCUT2D eigenvalue weighted by atomic mass is 10.6. The van der Waals surface area contributed by atoms with Gasteiger partial charge in [0.05, 0.1) is 6.20 Å². The second kappa shape index (κ2) is 3.19. The third-order valence-corrected chi connectivity index (χ3v) is 0.710. The van der Waals surface area contributed by atoms with Crippen molar-refractivity contribution in [2.24, 2.45) is 0 Å². The maximum Gasteiger partial charge on any atom is 0.198 e. The quantitative estimate of drug-likeness (QED) is 0.322. The summed E-state index contributed by atoms with van der Waals surface area (Å²) < 4.78 is 0. The molecule has 0 saturated heterocycles. The maximum atomic E-state index is 8.01. The average Bonchev–Trinajstić information content (AvgIpc) is 2.03. The van der Waals surface area contributed by atoms with Crippen molar-refractivity contribution < 1.29 is 0 Å². The van der Waals surface area contributed by atoms with Crippen molar-refractivity contribution >= 4 is 5.82 Å². The first-order chi connectivity index (χ1) is 4.93. The van der Waals surface area contributed by atoms with E-state index in [-0.39, 0.29) is 0 Å². The molecule has 1 aromatic heterocycles. The van der Waals surface area contributed by atoms with Gasteiger partial charge in [-0.1, -0.05) is 0 Å². The topological polar surface area (TPSA) is 88.6 Å². The van der Waals surface area contributed by atoms with E-state index in [9.17, 15) is 0 Å². The van der Waals surface area contributed by atoms with Crippen LogP contribution in [-0.2, 0) is 0 Å². The van der Waals surface area contributed by atoms with Gasteiger partial charge in [0.25, 0.3) is 0 Å². The molecule has 1 rings (SSSR count). The molecule has 0 spiro atoms. The molecule has 0 bridgehead atoms. The van der Waals surface area contributed by atoms with E-state index >= 15 is 0 Å². The molecule has 49 valence electrons. The van der Waals surface area contributed by atoms with Crippen LogP contribution in [0.3, 0.4) is 0 Å². The molecular weight excluding hydrogens is 132 g/mol. The summed E-state index contributed by atoms with van der Waals surface area (Å²) in [5.74, 6) is 0.330. The van der Waals surface area contributed by atoms with Crippen molar-refractivity contribution in [3.63, 3.8) is 0 Å². The average molecular weight is 135 g/mol. The van der Waals surface area contributed by atoms with Gasteiger partial charge >= 0.3 is 0 Å². The Morgan fingerprint density at radius 3 is 3.20 bits per heavy atom. The maximum absolute atomic E-state index is 8.01. The molecule has 6 nitrogen and oxygen atoms in total. The summed E-state index contributed by atoms with van der Waals surface area (Å²) >= 11 is 0. The fraction of sp³-hybridized carbons (Fsp3) is 0. The summed E-state index contributed by atoms with van der Waals surface area (Å²) in [5, 5.41) is 18.2. The van der Waals surface area contributed by atoms with Gasteiger partial charge in [-0.05, 0) is 5.21 Å². The molecule has 0 aliphatic heterocycles. The van der Waals surface area contributed by atoms with Crippen LogP contribution in [0.25, 0.3) is 0 Å². The summed E-state index contributed by atoms with van der Waals surface area (Å²) in [7, 11) is 0. The molecule has 0 fully saturated rings. The van der Waals surface area contributed by atoms with Gasteiger partial charge in [0, 0.05) is 6.07 Å². The molecule has 1 N–H and O–H groups in total. The monoisotopic (exact) mass is 135 g/mol. The number of hydrogen-bond acceptors (Lipinski definition) is 5. The molecule has 0 unspecified atom stereocenters. The summed E-state index contributed by atoms with van der Waals surface area (Å²) in [4.78, 5) is 0. The fourth-order valence-corrected chi connectivity index (χ4v) is 0.377. The molecule has 0 aliphatic rings. The molecule has 10 heavy (non-hydrogen) atoms. The Labute approximate surface area is 56.9 Å². The first-order valence-electron chi connectivity index (χ1n) is 2.42. The highest BCUT2D eigenvalue weighted by Gasteiger charge is 1.90. The van der Waals surface area contributed by atoms with Crippen LogP contribution in [0.15, 0.2) is 12.3 Å². The van der Waals surface area contributed by atoms with Gasteiger partial charge in [0.1, 0.15) is 0 Å². The lowest BCUT2D eigenvalue weighted by molar-refractivity contribution is 0.728. The van der Waals surface area contributed by atoms with Crippen LogP contribution in [-0.4, -0.2) is 15.4 Å². The molecule has 0 aromatic carbocycles. The predicted molar refractivity (Wildman–Crippen MR) is 30.4 cm³/mol. The summed E-state index contributed by atoms with van der Waals surface area (Å²) in [5.41, 5.74) is 5.56. The minimum Gasteiger partial charge on any atom is -0.211 e. The lowest BCUT2D eigenvalue weighted by Crippen LogP contribution is -2.14. The van der Waals surface area contributed by atoms with Crippen LogP contribution in [0, 0.1) is 11.5 Å². The van der Waals surface area contributed by atoms with Gasteiger partial charge in [0.15, 0.2) is 12.0 Å². The predicted octanol–water partition coefficient (Wildman–Crippen LogP) is -0.907. The Kier molecular flexibility index (Phi) is 1.99. The third kappa shape index (κ3) is 1.56. The molecule has 0 amide bonds. The van der Waals surface area contributed by atoms with Crippen LogP contribution < -0.4 is 10.9 Å². The largest absolute Gasteiger partial charge is 0.211 e. The van der Waals surface area contributed by atoms with Gasteiger partial charge < -0.3 is 0 Å². The number of aromatic nitrogens is 3. The van der Waals surface area contributed by atoms with Crippen molar-refractivity contribution in [2.75, 3.05) is 0 Å². The molecule has 1 aromatic rings. The van der Waals surface area contributed by atoms with E-state index < -0.39 is 0 Å². The Bertz CT molecular complexity index is 225. The molecule has 0 saturated carbocycles. The molecule has 6 heteroatoms. The Hall–Kier alpha value is -1.90. The van der Waals surface area contributed by atoms with E-state index in [1.54, 1.807) is 6.19 Å². The van der Waals surface area contributed by atoms with Crippen LogP contribution >= 0.6 is 0 Å². The van der Waals surface area contributed by atoms with Gasteiger partial charge in [-0.25, -0.2) is 5.43 Å². The van der Waals surface area contributed by atoms with Crippen molar-refractivity contribution in [2.45, 2.75) is 0 Å². The van der Waals surface area contributed by atoms with Crippen LogP contribution in [0.2, 0.25) is 0 Å². The summed E-state index contributed by atoms with van der Waals surface area (Å²) in [6, 6.07) is 1.53. The molecule has 1 radical (unpaired) electrons. The number of nitrogens with one attached hydrogen (secondary N) is 1. The summed E-state index contributed by atoms with van der Waals surface area (Å²) in [6.07, 6.45) is 3.05. The molecule has 0 atom stereocenters. The first kappa shape index (κ1) is 6.22. The van der Waals surface area contributed by atoms with E-state index in [0.29, 0.717) is 5.82 Å².